The number of ether oxygens (including phenoxy) is 1. The van der Waals surface area contributed by atoms with E-state index in [1.165, 1.54) is 7.11 Å². The number of piperazine rings is 1. The van der Waals surface area contributed by atoms with Crippen molar-refractivity contribution < 1.29 is 23.9 Å². The number of quaternary nitrogens is 1. The summed E-state index contributed by atoms with van der Waals surface area (Å²) in [7, 11) is 1.39. The lowest BCUT2D eigenvalue weighted by atomic mass is 9.95. The third kappa shape index (κ3) is 4.07. The van der Waals surface area contributed by atoms with Gasteiger partial charge in [0.2, 0.25) is 0 Å². The normalized spacial score (nSPS) is 24.3. The summed E-state index contributed by atoms with van der Waals surface area (Å²) in [5.74, 6) is -0.249. The molecular formula is C20H30N2O4. The van der Waals surface area contributed by atoms with E-state index in [0.29, 0.717) is 19.6 Å². The largest absolute Gasteiger partial charge is 0.498 e. The molecular weight excluding hydrogens is 332 g/mol. The van der Waals surface area contributed by atoms with Crippen molar-refractivity contribution in [2.45, 2.75) is 52.2 Å². The lowest BCUT2D eigenvalue weighted by molar-refractivity contribution is -0.943. The molecule has 6 nitrogen and oxygen atoms in total. The summed E-state index contributed by atoms with van der Waals surface area (Å²) in [4.78, 5) is 25.6. The average molecular weight is 362 g/mol. The third-order valence-electron chi connectivity index (χ3n) is 5.57. The molecule has 1 fully saturated rings. The number of esters is 1. The van der Waals surface area contributed by atoms with E-state index in [9.17, 15) is 14.7 Å². The number of methoxy groups -OCH3 is 1. The van der Waals surface area contributed by atoms with Gasteiger partial charge in [-0.1, -0.05) is 24.3 Å². The molecule has 1 saturated heterocycles. The van der Waals surface area contributed by atoms with Crippen LogP contribution in [-0.4, -0.2) is 59.8 Å². The van der Waals surface area contributed by atoms with Crippen molar-refractivity contribution in [2.24, 2.45) is 0 Å². The van der Waals surface area contributed by atoms with Crippen molar-refractivity contribution in [1.82, 2.24) is 4.90 Å². The molecule has 1 amide bonds. The summed E-state index contributed by atoms with van der Waals surface area (Å²) in [5, 5.41) is 12.0. The molecule has 1 aliphatic rings. The molecule has 0 N–H and O–H groups in total. The highest BCUT2D eigenvalue weighted by atomic mass is 16.5. The third-order valence-corrected chi connectivity index (χ3v) is 5.57. The molecule has 1 aromatic carbocycles. The molecule has 0 aromatic heterocycles. The molecule has 0 saturated carbocycles. The lowest BCUT2D eigenvalue weighted by Gasteiger charge is -2.55. The smallest absolute Gasteiger partial charge is 0.309 e. The number of benzene rings is 1. The van der Waals surface area contributed by atoms with Crippen LogP contribution in [-0.2, 0) is 22.5 Å². The zero-order valence-electron chi connectivity index (χ0n) is 16.4. The summed E-state index contributed by atoms with van der Waals surface area (Å²) in [6.45, 7) is 10.6. The number of hydrogen-bond acceptors (Lipinski definition) is 5. The Balaban J connectivity index is 2.03. The van der Waals surface area contributed by atoms with Crippen LogP contribution in [0.15, 0.2) is 24.3 Å². The van der Waals surface area contributed by atoms with E-state index >= 15 is 0 Å². The van der Waals surface area contributed by atoms with E-state index in [1.54, 1.807) is 0 Å². The Morgan fingerprint density at radius 1 is 1.23 bits per heavy atom. The molecule has 0 radical (unpaired) electrons. The number of rotatable bonds is 4. The number of carbonyl (C=O) groups excluding carboxylic acids is 2. The molecule has 1 aromatic rings. The van der Waals surface area contributed by atoms with Gasteiger partial charge >= 0.3 is 5.97 Å². The number of carbonyl (C=O) groups is 2. The van der Waals surface area contributed by atoms with Gasteiger partial charge in [0.15, 0.2) is 0 Å². The van der Waals surface area contributed by atoms with Crippen molar-refractivity contribution in [3.05, 3.63) is 35.4 Å². The maximum absolute atomic E-state index is 12.0. The average Bonchev–Trinajstić information content (AvgIpc) is 2.55. The zero-order valence-corrected chi connectivity index (χ0v) is 16.4. The standard InChI is InChI=1S/C20H30N2O4/c1-15-13-21(10-11-22(15,19(24)25)20(2,3)4)14-17-8-6-16(7-9-17)12-18(23)26-5/h6-9,15H,10-14H2,1-5H3/t15-,22?/m0/s1. The van der Waals surface area contributed by atoms with Gasteiger partial charge in [-0.25, -0.2) is 0 Å². The molecule has 2 atom stereocenters. The first kappa shape index (κ1) is 20.4. The molecule has 144 valence electrons. The van der Waals surface area contributed by atoms with Crippen LogP contribution in [0.2, 0.25) is 0 Å². The van der Waals surface area contributed by atoms with Crippen LogP contribution in [0.1, 0.15) is 38.8 Å². The molecule has 0 bridgehead atoms. The van der Waals surface area contributed by atoms with Crippen molar-refractivity contribution in [3.63, 3.8) is 0 Å². The highest BCUT2D eigenvalue weighted by Crippen LogP contribution is 2.32. The van der Waals surface area contributed by atoms with Crippen LogP contribution in [0.3, 0.4) is 0 Å². The van der Waals surface area contributed by atoms with Crippen molar-refractivity contribution in [2.75, 3.05) is 26.7 Å². The number of hydrogen-bond donors (Lipinski definition) is 0. The minimum absolute atomic E-state index is 0.0123. The van der Waals surface area contributed by atoms with Crippen molar-refractivity contribution in [3.8, 4) is 0 Å². The van der Waals surface area contributed by atoms with E-state index in [0.717, 1.165) is 17.7 Å². The summed E-state index contributed by atoms with van der Waals surface area (Å²) in [6.07, 6.45) is -0.717. The van der Waals surface area contributed by atoms with Crippen LogP contribution in [0.4, 0.5) is 4.79 Å². The second kappa shape index (κ2) is 7.76. The second-order valence-electron chi connectivity index (χ2n) is 8.18. The Bertz CT molecular complexity index is 651. The first-order valence-electron chi connectivity index (χ1n) is 9.06. The first-order valence-corrected chi connectivity index (χ1v) is 9.06. The van der Waals surface area contributed by atoms with Crippen LogP contribution in [0.5, 0.6) is 0 Å². The van der Waals surface area contributed by atoms with Gasteiger partial charge in [-0.15, -0.1) is 0 Å². The van der Waals surface area contributed by atoms with E-state index in [4.69, 9.17) is 0 Å². The Hall–Kier alpha value is -1.92. The first-order chi connectivity index (χ1) is 12.1. The molecule has 6 heteroatoms. The number of amides is 1. The fourth-order valence-electron chi connectivity index (χ4n) is 4.07. The molecule has 1 aliphatic heterocycles. The van der Waals surface area contributed by atoms with Gasteiger partial charge in [-0.2, -0.15) is 0 Å². The highest BCUT2D eigenvalue weighted by Gasteiger charge is 2.49. The summed E-state index contributed by atoms with van der Waals surface area (Å²) in [6, 6.07) is 7.86. The molecule has 26 heavy (non-hydrogen) atoms. The minimum atomic E-state index is -0.989. The Morgan fingerprint density at radius 2 is 1.81 bits per heavy atom. The van der Waals surface area contributed by atoms with E-state index < -0.39 is 11.6 Å². The SMILES string of the molecule is COC(=O)Cc1ccc(CN2CC[N+](C(=O)[O-])(C(C)(C)C)[C@@H](C)C2)cc1. The van der Waals surface area contributed by atoms with Gasteiger partial charge in [0.1, 0.15) is 6.04 Å². The molecule has 0 aliphatic carbocycles. The molecule has 2 rings (SSSR count). The van der Waals surface area contributed by atoms with E-state index in [-0.39, 0.29) is 22.9 Å². The summed E-state index contributed by atoms with van der Waals surface area (Å²) < 4.78 is 4.67. The monoisotopic (exact) mass is 362 g/mol. The van der Waals surface area contributed by atoms with Crippen LogP contribution in [0.25, 0.3) is 0 Å². The van der Waals surface area contributed by atoms with Gasteiger partial charge in [0.05, 0.1) is 32.2 Å². The highest BCUT2D eigenvalue weighted by molar-refractivity contribution is 5.72. The van der Waals surface area contributed by atoms with Crippen LogP contribution < -0.4 is 5.11 Å². The Kier molecular flexibility index (Phi) is 6.09. The van der Waals surface area contributed by atoms with Crippen molar-refractivity contribution >= 4 is 12.1 Å². The summed E-state index contributed by atoms with van der Waals surface area (Å²) in [5.41, 5.74) is 1.67. The Labute approximate surface area is 155 Å². The fraction of sp³-hybridized carbons (Fsp3) is 0.600. The van der Waals surface area contributed by atoms with Gasteiger partial charge in [0, 0.05) is 13.1 Å². The van der Waals surface area contributed by atoms with E-state index in [1.807, 2.05) is 52.0 Å². The maximum atomic E-state index is 12.0. The fourth-order valence-corrected chi connectivity index (χ4v) is 4.07. The van der Waals surface area contributed by atoms with Gasteiger partial charge in [0.25, 0.3) is 6.09 Å². The number of carboxylic acid groups (broad SMARTS) is 1. The maximum Gasteiger partial charge on any atom is 0.309 e. The topological polar surface area (TPSA) is 69.7 Å². The quantitative estimate of drug-likeness (QED) is 0.601. The van der Waals surface area contributed by atoms with Crippen molar-refractivity contribution in [1.29, 1.82) is 0 Å². The van der Waals surface area contributed by atoms with Gasteiger partial charge in [-0.3, -0.25) is 14.2 Å². The minimum Gasteiger partial charge on any atom is -0.498 e. The Morgan fingerprint density at radius 3 is 2.27 bits per heavy atom. The van der Waals surface area contributed by atoms with E-state index in [2.05, 4.69) is 9.64 Å². The number of nitrogens with zero attached hydrogens (tertiary/aromatic N) is 2. The van der Waals surface area contributed by atoms with Gasteiger partial charge in [-0.05, 0) is 38.8 Å². The molecule has 1 unspecified atom stereocenters. The molecule has 1 heterocycles. The molecule has 0 spiro atoms. The second-order valence-corrected chi connectivity index (χ2v) is 8.18. The van der Waals surface area contributed by atoms with Gasteiger partial charge < -0.3 is 14.6 Å². The lowest BCUT2D eigenvalue weighted by Crippen LogP contribution is -2.76. The predicted molar refractivity (Wildman–Crippen MR) is 97.2 cm³/mol. The van der Waals surface area contributed by atoms with Crippen LogP contribution >= 0.6 is 0 Å². The zero-order chi connectivity index (χ0) is 19.5. The summed E-state index contributed by atoms with van der Waals surface area (Å²) >= 11 is 0. The van der Waals surface area contributed by atoms with Crippen LogP contribution in [0, 0.1) is 0 Å². The predicted octanol–water partition coefficient (Wildman–Crippen LogP) is 1.56.